The number of carbonyl (C=O) groups is 2. The van der Waals surface area contributed by atoms with Crippen molar-refractivity contribution in [3.63, 3.8) is 0 Å². The lowest BCUT2D eigenvalue weighted by Gasteiger charge is -2.26. The van der Waals surface area contributed by atoms with Crippen LogP contribution in [0.5, 0.6) is 0 Å². The molecule has 132 valence electrons. The normalized spacial score (nSPS) is 24.4. The minimum absolute atomic E-state index is 0.0108. The Morgan fingerprint density at radius 2 is 2.12 bits per heavy atom. The zero-order chi connectivity index (χ0) is 17.3. The molecule has 7 heteroatoms. The fraction of sp³-hybridized carbons (Fsp3) is 0.706. The van der Waals surface area contributed by atoms with E-state index in [1.54, 1.807) is 0 Å². The minimum Gasteiger partial charge on any atom is -0.352 e. The van der Waals surface area contributed by atoms with Crippen molar-refractivity contribution < 1.29 is 9.59 Å². The van der Waals surface area contributed by atoms with E-state index in [9.17, 15) is 9.59 Å². The summed E-state index contributed by atoms with van der Waals surface area (Å²) in [7, 11) is 0. The van der Waals surface area contributed by atoms with Gasteiger partial charge in [0.1, 0.15) is 0 Å². The lowest BCUT2D eigenvalue weighted by Crippen LogP contribution is -2.42. The highest BCUT2D eigenvalue weighted by atomic mass is 16.2. The number of amides is 2. The zero-order valence-electron chi connectivity index (χ0n) is 14.8. The number of aryl methyl sites for hydroxylation is 2. The summed E-state index contributed by atoms with van der Waals surface area (Å²) in [4.78, 5) is 26.7. The topological polar surface area (TPSA) is 79.3 Å². The van der Waals surface area contributed by atoms with E-state index in [1.165, 1.54) is 0 Å². The van der Waals surface area contributed by atoms with E-state index in [4.69, 9.17) is 0 Å². The van der Waals surface area contributed by atoms with Gasteiger partial charge in [0.2, 0.25) is 11.8 Å². The van der Waals surface area contributed by atoms with Crippen LogP contribution >= 0.6 is 0 Å². The number of fused-ring (bicyclic) bond motifs is 3. The Labute approximate surface area is 142 Å². The van der Waals surface area contributed by atoms with Gasteiger partial charge < -0.3 is 10.6 Å². The Bertz CT molecular complexity index is 639. The van der Waals surface area contributed by atoms with Gasteiger partial charge in [-0.1, -0.05) is 6.42 Å². The number of hydrogen-bond donors (Lipinski definition) is 2. The van der Waals surface area contributed by atoms with Gasteiger partial charge in [0.25, 0.3) is 0 Å². The third-order valence-electron chi connectivity index (χ3n) is 5.09. The molecule has 1 aromatic rings. The summed E-state index contributed by atoms with van der Waals surface area (Å²) in [6.07, 6.45) is 3.01. The molecule has 2 fully saturated rings. The standard InChI is InChI=1S/C17H27N5O2/c1-4-22-12(3)16(11(2)20-22)19-15(23)10-21-8-13-6-5-7-14(9-21)18-17(13)24/h13-14H,4-10H2,1-3H3,(H,18,24)(H,19,23)/t13-,14+/m1/s1. The quantitative estimate of drug-likeness (QED) is 0.863. The first kappa shape index (κ1) is 17.0. The molecule has 0 aromatic carbocycles. The average Bonchev–Trinajstić information content (AvgIpc) is 2.66. The van der Waals surface area contributed by atoms with Gasteiger partial charge >= 0.3 is 0 Å². The Balaban J connectivity index is 1.65. The molecule has 2 N–H and O–H groups in total. The van der Waals surface area contributed by atoms with Gasteiger partial charge in [-0.2, -0.15) is 5.10 Å². The smallest absolute Gasteiger partial charge is 0.238 e. The number of rotatable bonds is 4. The van der Waals surface area contributed by atoms with E-state index < -0.39 is 0 Å². The van der Waals surface area contributed by atoms with Crippen LogP contribution in [0.4, 0.5) is 5.69 Å². The molecule has 0 radical (unpaired) electrons. The van der Waals surface area contributed by atoms with Crippen LogP contribution in [0.1, 0.15) is 37.6 Å². The van der Waals surface area contributed by atoms with E-state index in [0.29, 0.717) is 13.1 Å². The van der Waals surface area contributed by atoms with Crippen LogP contribution in [0, 0.1) is 19.8 Å². The SMILES string of the molecule is CCn1nc(C)c(NC(=O)CN2C[C@@H]3CCC[C@H](C2)C(=O)N3)c1C. The predicted molar refractivity (Wildman–Crippen MR) is 91.7 cm³/mol. The summed E-state index contributed by atoms with van der Waals surface area (Å²) < 4.78 is 1.89. The van der Waals surface area contributed by atoms with Crippen molar-refractivity contribution in [3.8, 4) is 0 Å². The first-order chi connectivity index (χ1) is 11.5. The number of aromatic nitrogens is 2. The molecule has 3 rings (SSSR count). The molecular weight excluding hydrogens is 306 g/mol. The Kier molecular flexibility index (Phi) is 4.89. The maximum Gasteiger partial charge on any atom is 0.238 e. The number of carbonyl (C=O) groups excluding carboxylic acids is 2. The maximum atomic E-state index is 12.5. The highest BCUT2D eigenvalue weighted by Gasteiger charge is 2.33. The molecule has 0 unspecified atom stereocenters. The fourth-order valence-corrected chi connectivity index (χ4v) is 3.84. The number of likely N-dealkylation sites (tertiary alicyclic amines) is 1. The summed E-state index contributed by atoms with van der Waals surface area (Å²) >= 11 is 0. The molecule has 0 aliphatic carbocycles. The van der Waals surface area contributed by atoms with Gasteiger partial charge in [-0.25, -0.2) is 0 Å². The van der Waals surface area contributed by atoms with Gasteiger partial charge in [-0.05, 0) is 33.6 Å². The second kappa shape index (κ2) is 6.93. The van der Waals surface area contributed by atoms with Gasteiger partial charge in [0, 0.05) is 25.7 Å². The van der Waals surface area contributed by atoms with Gasteiger partial charge in [-0.3, -0.25) is 19.2 Å². The number of nitrogens with zero attached hydrogens (tertiary/aromatic N) is 3. The van der Waals surface area contributed by atoms with E-state index in [1.807, 2.05) is 25.5 Å². The third kappa shape index (κ3) is 3.45. The fourth-order valence-electron chi connectivity index (χ4n) is 3.84. The summed E-state index contributed by atoms with van der Waals surface area (Å²) in [6.45, 7) is 8.44. The molecule has 2 atom stereocenters. The van der Waals surface area contributed by atoms with Crippen LogP contribution in [0.3, 0.4) is 0 Å². The highest BCUT2D eigenvalue weighted by molar-refractivity contribution is 5.93. The van der Waals surface area contributed by atoms with E-state index in [2.05, 4.69) is 20.6 Å². The molecule has 0 spiro atoms. The van der Waals surface area contributed by atoms with Crippen molar-refractivity contribution in [2.75, 3.05) is 25.0 Å². The summed E-state index contributed by atoms with van der Waals surface area (Å²) in [5, 5.41) is 10.5. The van der Waals surface area contributed by atoms with Gasteiger partial charge in [0.05, 0.1) is 29.5 Å². The van der Waals surface area contributed by atoms with Crippen LogP contribution in [-0.2, 0) is 16.1 Å². The molecule has 2 saturated heterocycles. The average molecular weight is 333 g/mol. The minimum atomic E-state index is -0.0377. The van der Waals surface area contributed by atoms with Crippen molar-refractivity contribution in [2.24, 2.45) is 5.92 Å². The summed E-state index contributed by atoms with van der Waals surface area (Å²) in [6, 6.07) is 0.170. The molecule has 2 bridgehead atoms. The molecule has 2 amide bonds. The second-order valence-corrected chi connectivity index (χ2v) is 6.94. The Morgan fingerprint density at radius 1 is 1.33 bits per heavy atom. The first-order valence-electron chi connectivity index (χ1n) is 8.84. The van der Waals surface area contributed by atoms with Crippen LogP contribution in [-0.4, -0.2) is 52.2 Å². The largest absolute Gasteiger partial charge is 0.352 e. The molecule has 0 saturated carbocycles. The van der Waals surface area contributed by atoms with Gasteiger partial charge in [-0.15, -0.1) is 0 Å². The molecule has 24 heavy (non-hydrogen) atoms. The van der Waals surface area contributed by atoms with Crippen molar-refractivity contribution in [1.82, 2.24) is 20.0 Å². The monoisotopic (exact) mass is 333 g/mol. The van der Waals surface area contributed by atoms with E-state index in [-0.39, 0.29) is 23.8 Å². The first-order valence-corrected chi connectivity index (χ1v) is 8.84. The number of anilines is 1. The van der Waals surface area contributed by atoms with Crippen LogP contribution in [0.15, 0.2) is 0 Å². The van der Waals surface area contributed by atoms with Crippen LogP contribution in [0.2, 0.25) is 0 Å². The van der Waals surface area contributed by atoms with Gasteiger partial charge in [0.15, 0.2) is 0 Å². The van der Waals surface area contributed by atoms with Crippen molar-refractivity contribution in [1.29, 1.82) is 0 Å². The Morgan fingerprint density at radius 3 is 2.83 bits per heavy atom. The number of hydrogen-bond acceptors (Lipinski definition) is 4. The molecule has 2 aliphatic heterocycles. The van der Waals surface area contributed by atoms with Crippen LogP contribution < -0.4 is 10.6 Å². The lowest BCUT2D eigenvalue weighted by molar-refractivity contribution is -0.125. The molecular formula is C17H27N5O2. The van der Waals surface area contributed by atoms with Crippen molar-refractivity contribution >= 4 is 17.5 Å². The van der Waals surface area contributed by atoms with Crippen molar-refractivity contribution in [2.45, 2.75) is 52.6 Å². The third-order valence-corrected chi connectivity index (χ3v) is 5.09. The molecule has 7 nitrogen and oxygen atoms in total. The predicted octanol–water partition coefficient (Wildman–Crippen LogP) is 1.06. The summed E-state index contributed by atoms with van der Waals surface area (Å²) in [5.74, 6) is 0.122. The maximum absolute atomic E-state index is 12.5. The van der Waals surface area contributed by atoms with E-state index in [0.717, 1.165) is 49.4 Å². The van der Waals surface area contributed by atoms with Crippen LogP contribution in [0.25, 0.3) is 0 Å². The lowest BCUT2D eigenvalue weighted by atomic mass is 9.99. The molecule has 3 heterocycles. The zero-order valence-corrected chi connectivity index (χ0v) is 14.8. The highest BCUT2D eigenvalue weighted by Crippen LogP contribution is 2.22. The van der Waals surface area contributed by atoms with E-state index >= 15 is 0 Å². The summed E-state index contributed by atoms with van der Waals surface area (Å²) in [5.41, 5.74) is 2.63. The molecule has 1 aromatic heterocycles. The Hall–Kier alpha value is -1.89. The molecule has 2 aliphatic rings. The number of nitrogens with one attached hydrogen (secondary N) is 2. The second-order valence-electron chi connectivity index (χ2n) is 6.94. The van der Waals surface area contributed by atoms with Crippen molar-refractivity contribution in [3.05, 3.63) is 11.4 Å².